The molecule has 0 heterocycles. The lowest BCUT2D eigenvalue weighted by molar-refractivity contribution is 0.604. The maximum atomic E-state index is 13.0. The quantitative estimate of drug-likeness (QED) is 0.776. The van der Waals surface area contributed by atoms with Crippen LogP contribution in [0.15, 0.2) is 36.5 Å². The summed E-state index contributed by atoms with van der Waals surface area (Å²) >= 11 is 0. The molecule has 14 heavy (non-hydrogen) atoms. The zero-order valence-corrected chi connectivity index (χ0v) is 8.63. The maximum Gasteiger partial charge on any atom is 0.128 e. The second-order valence-electron chi connectivity index (χ2n) is 2.47. The lowest BCUT2D eigenvalue weighted by Gasteiger charge is -2.01. The first-order valence-corrected chi connectivity index (χ1v) is 4.50. The van der Waals surface area contributed by atoms with Gasteiger partial charge in [-0.1, -0.05) is 24.3 Å². The number of hydrogen-bond acceptors (Lipinski definition) is 2. The third-order valence-corrected chi connectivity index (χ3v) is 1.53. The topological polar surface area (TPSA) is 38.0 Å². The Morgan fingerprint density at radius 2 is 2.00 bits per heavy atom. The Morgan fingerprint density at radius 3 is 2.57 bits per heavy atom. The van der Waals surface area contributed by atoms with E-state index in [9.17, 15) is 4.39 Å². The van der Waals surface area contributed by atoms with Crippen LogP contribution in [0.2, 0.25) is 0 Å². The van der Waals surface area contributed by atoms with Crippen LogP contribution in [-0.2, 0) is 6.54 Å². The molecule has 0 aromatic heterocycles. The van der Waals surface area contributed by atoms with E-state index in [1.165, 1.54) is 13.1 Å². The Labute approximate surface area is 84.6 Å². The van der Waals surface area contributed by atoms with Crippen molar-refractivity contribution < 1.29 is 4.39 Å². The van der Waals surface area contributed by atoms with Gasteiger partial charge in [0.2, 0.25) is 0 Å². The fraction of sp³-hybridized carbons (Fsp3) is 0.273. The molecule has 2 nitrogen and oxygen atoms in total. The SMILES string of the molecule is C/C=C\NCc1ccccc1F.CN. The number of hydrogen-bond donors (Lipinski definition) is 2. The average molecular weight is 196 g/mol. The van der Waals surface area contributed by atoms with E-state index in [4.69, 9.17) is 0 Å². The predicted octanol–water partition coefficient (Wildman–Crippen LogP) is 2.02. The normalized spacial score (nSPS) is 9.43. The lowest BCUT2D eigenvalue weighted by atomic mass is 10.2. The van der Waals surface area contributed by atoms with Crippen LogP contribution in [-0.4, -0.2) is 7.05 Å². The molecule has 3 N–H and O–H groups in total. The van der Waals surface area contributed by atoms with Gasteiger partial charge in [0, 0.05) is 12.1 Å². The Kier molecular flexibility index (Phi) is 7.46. The number of allylic oxidation sites excluding steroid dienone is 1. The summed E-state index contributed by atoms with van der Waals surface area (Å²) in [6.07, 6.45) is 3.67. The van der Waals surface area contributed by atoms with E-state index in [1.54, 1.807) is 18.3 Å². The molecule has 0 fully saturated rings. The average Bonchev–Trinajstić information content (AvgIpc) is 2.24. The van der Waals surface area contributed by atoms with E-state index in [0.29, 0.717) is 12.1 Å². The van der Waals surface area contributed by atoms with Gasteiger partial charge in [0.1, 0.15) is 5.82 Å². The first kappa shape index (κ1) is 12.7. The molecular formula is C11H17FN2. The smallest absolute Gasteiger partial charge is 0.128 e. The summed E-state index contributed by atoms with van der Waals surface area (Å²) in [5, 5.41) is 2.97. The van der Waals surface area contributed by atoms with Crippen molar-refractivity contribution in [2.24, 2.45) is 5.73 Å². The van der Waals surface area contributed by atoms with Crippen molar-refractivity contribution in [1.82, 2.24) is 5.32 Å². The molecule has 0 bridgehead atoms. The van der Waals surface area contributed by atoms with Gasteiger partial charge in [-0.05, 0) is 26.2 Å². The molecule has 1 rings (SSSR count). The molecular weight excluding hydrogens is 179 g/mol. The molecule has 0 aliphatic rings. The fourth-order valence-corrected chi connectivity index (χ4v) is 0.928. The summed E-state index contributed by atoms with van der Waals surface area (Å²) in [6.45, 7) is 2.45. The van der Waals surface area contributed by atoms with Gasteiger partial charge in [-0.15, -0.1) is 0 Å². The lowest BCUT2D eigenvalue weighted by Crippen LogP contribution is -2.05. The van der Waals surface area contributed by atoms with Crippen molar-refractivity contribution in [3.05, 3.63) is 47.9 Å². The van der Waals surface area contributed by atoms with Crippen molar-refractivity contribution in [2.45, 2.75) is 13.5 Å². The molecule has 0 saturated heterocycles. The Balaban J connectivity index is 0.000000791. The van der Waals surface area contributed by atoms with Gasteiger partial charge < -0.3 is 11.1 Å². The number of nitrogens with two attached hydrogens (primary N) is 1. The summed E-state index contributed by atoms with van der Waals surface area (Å²) in [7, 11) is 1.50. The highest BCUT2D eigenvalue weighted by Crippen LogP contribution is 2.04. The predicted molar refractivity (Wildman–Crippen MR) is 58.2 cm³/mol. The molecule has 78 valence electrons. The molecule has 0 spiro atoms. The summed E-state index contributed by atoms with van der Waals surface area (Å²) in [5.74, 6) is -0.158. The minimum absolute atomic E-state index is 0.158. The zero-order valence-electron chi connectivity index (χ0n) is 8.63. The first-order valence-electron chi connectivity index (χ1n) is 4.50. The van der Waals surface area contributed by atoms with Crippen LogP contribution >= 0.6 is 0 Å². The van der Waals surface area contributed by atoms with Crippen molar-refractivity contribution in [3.63, 3.8) is 0 Å². The summed E-state index contributed by atoms with van der Waals surface area (Å²) in [4.78, 5) is 0. The third-order valence-electron chi connectivity index (χ3n) is 1.53. The zero-order chi connectivity index (χ0) is 10.8. The highest BCUT2D eigenvalue weighted by molar-refractivity contribution is 5.17. The molecule has 0 atom stereocenters. The molecule has 1 aromatic rings. The Morgan fingerprint density at radius 1 is 1.36 bits per heavy atom. The van der Waals surface area contributed by atoms with E-state index in [-0.39, 0.29) is 5.82 Å². The second kappa shape index (κ2) is 8.26. The van der Waals surface area contributed by atoms with Crippen LogP contribution in [0.4, 0.5) is 4.39 Å². The molecule has 1 aromatic carbocycles. The van der Waals surface area contributed by atoms with Crippen molar-refractivity contribution in [2.75, 3.05) is 7.05 Å². The third kappa shape index (κ3) is 4.62. The summed E-state index contributed by atoms with van der Waals surface area (Å²) in [5.41, 5.74) is 5.19. The highest BCUT2D eigenvalue weighted by Gasteiger charge is 1.96. The van der Waals surface area contributed by atoms with Crippen LogP contribution in [0.5, 0.6) is 0 Å². The van der Waals surface area contributed by atoms with Gasteiger partial charge in [0.05, 0.1) is 0 Å². The molecule has 0 aliphatic carbocycles. The second-order valence-corrected chi connectivity index (χ2v) is 2.47. The van der Waals surface area contributed by atoms with Crippen molar-refractivity contribution >= 4 is 0 Å². The van der Waals surface area contributed by atoms with E-state index in [2.05, 4.69) is 11.1 Å². The van der Waals surface area contributed by atoms with Gasteiger partial charge in [-0.25, -0.2) is 4.39 Å². The monoisotopic (exact) mass is 196 g/mol. The standard InChI is InChI=1S/C10H12FN.CH5N/c1-2-7-12-8-9-5-3-4-6-10(9)11;1-2/h2-7,12H,8H2,1H3;2H2,1H3/b7-2-;. The van der Waals surface area contributed by atoms with E-state index >= 15 is 0 Å². The number of rotatable bonds is 3. The molecule has 0 saturated carbocycles. The highest BCUT2D eigenvalue weighted by atomic mass is 19.1. The Bertz CT molecular complexity index is 272. The largest absolute Gasteiger partial charge is 0.387 e. The van der Waals surface area contributed by atoms with Crippen LogP contribution in [0.1, 0.15) is 12.5 Å². The summed E-state index contributed by atoms with van der Waals surface area (Å²) in [6, 6.07) is 6.75. The fourth-order valence-electron chi connectivity index (χ4n) is 0.928. The minimum Gasteiger partial charge on any atom is -0.387 e. The van der Waals surface area contributed by atoms with Crippen LogP contribution in [0, 0.1) is 5.82 Å². The van der Waals surface area contributed by atoms with Crippen LogP contribution in [0.25, 0.3) is 0 Å². The molecule has 3 heteroatoms. The summed E-state index contributed by atoms with van der Waals surface area (Å²) < 4.78 is 13.0. The number of benzene rings is 1. The van der Waals surface area contributed by atoms with E-state index in [1.807, 2.05) is 19.1 Å². The molecule has 0 amide bonds. The molecule has 0 aliphatic heterocycles. The van der Waals surface area contributed by atoms with E-state index < -0.39 is 0 Å². The number of halogens is 1. The van der Waals surface area contributed by atoms with Gasteiger partial charge >= 0.3 is 0 Å². The van der Waals surface area contributed by atoms with Gasteiger partial charge in [-0.2, -0.15) is 0 Å². The van der Waals surface area contributed by atoms with Gasteiger partial charge in [0.25, 0.3) is 0 Å². The first-order chi connectivity index (χ1) is 6.84. The molecule has 0 unspecified atom stereocenters. The van der Waals surface area contributed by atoms with E-state index in [0.717, 1.165) is 0 Å². The van der Waals surface area contributed by atoms with Crippen LogP contribution < -0.4 is 11.1 Å². The number of nitrogens with one attached hydrogen (secondary N) is 1. The molecule has 0 radical (unpaired) electrons. The Hall–Kier alpha value is -1.35. The van der Waals surface area contributed by atoms with Gasteiger partial charge in [-0.3, -0.25) is 0 Å². The maximum absolute atomic E-state index is 13.0. The van der Waals surface area contributed by atoms with Gasteiger partial charge in [0.15, 0.2) is 0 Å². The van der Waals surface area contributed by atoms with Crippen LogP contribution in [0.3, 0.4) is 0 Å². The van der Waals surface area contributed by atoms with Crippen molar-refractivity contribution in [3.8, 4) is 0 Å². The minimum atomic E-state index is -0.158. The van der Waals surface area contributed by atoms with Crippen molar-refractivity contribution in [1.29, 1.82) is 0 Å².